The van der Waals surface area contributed by atoms with Crippen LogP contribution in [0.2, 0.25) is 0 Å². The minimum atomic E-state index is 0.521. The molecule has 0 amide bonds. The first-order chi connectivity index (χ1) is 15.7. The zero-order chi connectivity index (χ0) is 22.1. The Morgan fingerprint density at radius 2 is 1.66 bits per heavy atom. The lowest BCUT2D eigenvalue weighted by Gasteiger charge is -2.18. The van der Waals surface area contributed by atoms with Crippen molar-refractivity contribution in [2.45, 2.75) is 0 Å². The molecule has 1 aliphatic heterocycles. The minimum Gasteiger partial charge on any atom is -0.493 e. The average Bonchev–Trinajstić information content (AvgIpc) is 3.28. The van der Waals surface area contributed by atoms with Gasteiger partial charge in [-0.2, -0.15) is 0 Å². The Morgan fingerprint density at radius 1 is 0.906 bits per heavy atom. The summed E-state index contributed by atoms with van der Waals surface area (Å²) in [6, 6.07) is 11.3. The van der Waals surface area contributed by atoms with Crippen molar-refractivity contribution in [3.05, 3.63) is 42.6 Å². The number of aromatic amines is 1. The molecule has 0 saturated carbocycles. The van der Waals surface area contributed by atoms with Crippen LogP contribution in [-0.4, -0.2) is 49.5 Å². The molecule has 164 valence electrons. The summed E-state index contributed by atoms with van der Waals surface area (Å²) in [6.45, 7) is 1.09. The molecule has 3 heterocycles. The highest BCUT2D eigenvalue weighted by molar-refractivity contribution is 5.90. The third-order valence-corrected chi connectivity index (χ3v) is 5.14. The van der Waals surface area contributed by atoms with Gasteiger partial charge in [-0.3, -0.25) is 0 Å². The number of ether oxygens (including phenoxy) is 5. The van der Waals surface area contributed by atoms with Crippen LogP contribution in [-0.2, 0) is 0 Å². The molecule has 9 nitrogen and oxygen atoms in total. The maximum atomic E-state index is 5.70. The molecule has 0 aliphatic carbocycles. The topological polar surface area (TPSA) is 99.8 Å². The number of aromatic nitrogens is 3. The fourth-order valence-corrected chi connectivity index (χ4v) is 3.64. The summed E-state index contributed by atoms with van der Waals surface area (Å²) < 4.78 is 27.6. The van der Waals surface area contributed by atoms with Gasteiger partial charge in [0.15, 0.2) is 28.8 Å². The van der Waals surface area contributed by atoms with Crippen molar-refractivity contribution in [1.29, 1.82) is 0 Å². The lowest BCUT2D eigenvalue weighted by Crippen LogP contribution is -2.15. The van der Waals surface area contributed by atoms with Gasteiger partial charge in [0.1, 0.15) is 24.6 Å². The Morgan fingerprint density at radius 3 is 2.38 bits per heavy atom. The molecule has 5 rings (SSSR count). The molecule has 2 N–H and O–H groups in total. The Labute approximate surface area is 184 Å². The normalized spacial score (nSPS) is 12.5. The second kappa shape index (κ2) is 8.18. The van der Waals surface area contributed by atoms with Gasteiger partial charge >= 0.3 is 0 Å². The fourth-order valence-electron chi connectivity index (χ4n) is 3.64. The van der Waals surface area contributed by atoms with Crippen LogP contribution in [0.25, 0.3) is 22.4 Å². The van der Waals surface area contributed by atoms with E-state index in [4.69, 9.17) is 28.7 Å². The van der Waals surface area contributed by atoms with Crippen molar-refractivity contribution in [3.63, 3.8) is 0 Å². The van der Waals surface area contributed by atoms with Crippen LogP contribution in [0, 0.1) is 0 Å². The molecule has 2 aromatic carbocycles. The fraction of sp³-hybridized carbons (Fsp3) is 0.217. The van der Waals surface area contributed by atoms with Crippen LogP contribution >= 0.6 is 0 Å². The molecule has 2 aromatic heterocycles. The zero-order valence-electron chi connectivity index (χ0n) is 17.9. The number of rotatable bonds is 6. The number of benzene rings is 2. The van der Waals surface area contributed by atoms with E-state index in [9.17, 15) is 0 Å². The first-order valence-corrected chi connectivity index (χ1v) is 10.0. The van der Waals surface area contributed by atoms with Crippen molar-refractivity contribution in [1.82, 2.24) is 15.0 Å². The Kier molecular flexibility index (Phi) is 5.06. The molecule has 32 heavy (non-hydrogen) atoms. The molecule has 0 fully saturated rings. The minimum absolute atomic E-state index is 0.521. The summed E-state index contributed by atoms with van der Waals surface area (Å²) in [5.41, 5.74) is 3.17. The number of hydrogen-bond acceptors (Lipinski definition) is 8. The molecule has 0 unspecified atom stereocenters. The number of anilines is 2. The summed E-state index contributed by atoms with van der Waals surface area (Å²) in [7, 11) is 4.72. The second-order valence-corrected chi connectivity index (χ2v) is 7.04. The van der Waals surface area contributed by atoms with E-state index >= 15 is 0 Å². The molecule has 0 spiro atoms. The lowest BCUT2D eigenvalue weighted by atomic mass is 10.2. The highest BCUT2D eigenvalue weighted by atomic mass is 16.6. The van der Waals surface area contributed by atoms with E-state index in [0.717, 1.165) is 22.5 Å². The highest BCUT2D eigenvalue weighted by Crippen LogP contribution is 2.41. The van der Waals surface area contributed by atoms with E-state index < -0.39 is 0 Å². The molecular weight excluding hydrogens is 412 g/mol. The van der Waals surface area contributed by atoms with Gasteiger partial charge in [0.05, 0.1) is 26.8 Å². The number of nitrogens with zero attached hydrogens (tertiary/aromatic N) is 2. The van der Waals surface area contributed by atoms with Crippen LogP contribution in [0.15, 0.2) is 42.6 Å². The van der Waals surface area contributed by atoms with Gasteiger partial charge in [-0.25, -0.2) is 9.97 Å². The molecule has 0 saturated heterocycles. The average molecular weight is 434 g/mol. The van der Waals surface area contributed by atoms with Gasteiger partial charge in [-0.15, -0.1) is 0 Å². The molecule has 0 radical (unpaired) electrons. The molecule has 0 bridgehead atoms. The maximum Gasteiger partial charge on any atom is 0.203 e. The third-order valence-electron chi connectivity index (χ3n) is 5.14. The number of methoxy groups -OCH3 is 3. The lowest BCUT2D eigenvalue weighted by molar-refractivity contribution is 0.171. The van der Waals surface area contributed by atoms with E-state index in [1.165, 1.54) is 0 Å². The van der Waals surface area contributed by atoms with Crippen LogP contribution in [0.1, 0.15) is 0 Å². The number of fused-ring (bicyclic) bond motifs is 2. The van der Waals surface area contributed by atoms with E-state index in [1.807, 2.05) is 36.4 Å². The SMILES string of the molecule is COc1cc(Nc2nccc3[nH]c(-c4ccc5c(c4)OCCO5)nc23)cc(OC)c1OC. The van der Waals surface area contributed by atoms with Crippen molar-refractivity contribution < 1.29 is 23.7 Å². The van der Waals surface area contributed by atoms with Crippen molar-refractivity contribution >= 4 is 22.5 Å². The number of pyridine rings is 1. The van der Waals surface area contributed by atoms with Gasteiger partial charge in [0, 0.05) is 29.6 Å². The molecule has 1 aliphatic rings. The largest absolute Gasteiger partial charge is 0.493 e. The predicted molar refractivity (Wildman–Crippen MR) is 120 cm³/mol. The van der Waals surface area contributed by atoms with E-state index in [1.54, 1.807) is 27.5 Å². The number of nitrogens with one attached hydrogen (secondary N) is 2. The summed E-state index contributed by atoms with van der Waals surface area (Å²) in [4.78, 5) is 12.6. The number of hydrogen-bond donors (Lipinski definition) is 2. The summed E-state index contributed by atoms with van der Waals surface area (Å²) >= 11 is 0. The van der Waals surface area contributed by atoms with E-state index in [-0.39, 0.29) is 0 Å². The quantitative estimate of drug-likeness (QED) is 0.467. The van der Waals surface area contributed by atoms with Gasteiger partial charge in [0.25, 0.3) is 0 Å². The monoisotopic (exact) mass is 434 g/mol. The standard InChI is InChI=1S/C23H22N4O5/c1-28-18-11-14(12-19(29-2)21(18)30-3)25-23-20-15(6-7-24-23)26-22(27-20)13-4-5-16-17(10-13)32-9-8-31-16/h4-7,10-12H,8-9H2,1-3H3,(H,24,25)(H,26,27). The third kappa shape index (κ3) is 3.47. The smallest absolute Gasteiger partial charge is 0.203 e. The number of imidazole rings is 1. The zero-order valence-corrected chi connectivity index (χ0v) is 17.9. The molecule has 4 aromatic rings. The number of H-pyrrole nitrogens is 1. The van der Waals surface area contributed by atoms with E-state index in [2.05, 4.69) is 15.3 Å². The van der Waals surface area contributed by atoms with Crippen molar-refractivity contribution in [2.75, 3.05) is 39.9 Å². The molecular formula is C23H22N4O5. The molecule has 0 atom stereocenters. The van der Waals surface area contributed by atoms with Crippen LogP contribution in [0.5, 0.6) is 28.7 Å². The molecule has 9 heteroatoms. The Balaban J connectivity index is 1.52. The van der Waals surface area contributed by atoms with Crippen molar-refractivity contribution in [3.8, 4) is 40.1 Å². The van der Waals surface area contributed by atoms with Crippen LogP contribution < -0.4 is 29.0 Å². The van der Waals surface area contributed by atoms with Gasteiger partial charge in [0.2, 0.25) is 5.75 Å². The maximum absolute atomic E-state index is 5.70. The second-order valence-electron chi connectivity index (χ2n) is 7.04. The Hall–Kier alpha value is -4.14. The van der Waals surface area contributed by atoms with Gasteiger partial charge in [-0.05, 0) is 24.3 Å². The van der Waals surface area contributed by atoms with Crippen LogP contribution in [0.3, 0.4) is 0 Å². The summed E-state index contributed by atoms with van der Waals surface area (Å²) in [5, 5.41) is 3.31. The first-order valence-electron chi connectivity index (χ1n) is 10.0. The Bertz CT molecular complexity index is 1260. The van der Waals surface area contributed by atoms with E-state index in [0.29, 0.717) is 53.4 Å². The van der Waals surface area contributed by atoms with Gasteiger partial charge in [-0.1, -0.05) is 0 Å². The summed E-state index contributed by atoms with van der Waals surface area (Å²) in [5.74, 6) is 4.36. The summed E-state index contributed by atoms with van der Waals surface area (Å²) in [6.07, 6.45) is 1.72. The van der Waals surface area contributed by atoms with Gasteiger partial charge < -0.3 is 34.0 Å². The first kappa shape index (κ1) is 19.8. The predicted octanol–water partition coefficient (Wildman–Crippen LogP) is 4.17. The van der Waals surface area contributed by atoms with Crippen LogP contribution in [0.4, 0.5) is 11.5 Å². The van der Waals surface area contributed by atoms with Crippen molar-refractivity contribution in [2.24, 2.45) is 0 Å². The highest BCUT2D eigenvalue weighted by Gasteiger charge is 2.17.